The van der Waals surface area contributed by atoms with Crippen LogP contribution in [0.3, 0.4) is 0 Å². The van der Waals surface area contributed by atoms with E-state index in [4.69, 9.17) is 17.3 Å². The number of nitrogens with one attached hydrogen (secondary N) is 1. The highest BCUT2D eigenvalue weighted by molar-refractivity contribution is 6.31. The zero-order valence-electron chi connectivity index (χ0n) is 6.47. The molecule has 0 radical (unpaired) electrons. The fourth-order valence-electron chi connectivity index (χ4n) is 1.30. The van der Waals surface area contributed by atoms with Gasteiger partial charge in [0.25, 0.3) is 0 Å². The van der Waals surface area contributed by atoms with E-state index in [1.54, 1.807) is 0 Å². The lowest BCUT2D eigenvalue weighted by Gasteiger charge is -2.16. The lowest BCUT2D eigenvalue weighted by molar-refractivity contribution is 1.27. The Morgan fingerprint density at radius 2 is 2.25 bits per heavy atom. The highest BCUT2D eigenvalue weighted by Crippen LogP contribution is 2.26. The minimum absolute atomic E-state index is 0.732. The van der Waals surface area contributed by atoms with Crippen molar-refractivity contribution in [3.63, 3.8) is 0 Å². The fourth-order valence-corrected chi connectivity index (χ4v) is 1.47. The Labute approximate surface area is 76.0 Å². The maximum absolute atomic E-state index is 5.82. The molecule has 2 nitrogen and oxygen atoms in total. The van der Waals surface area contributed by atoms with Crippen molar-refractivity contribution in [3.8, 4) is 0 Å². The summed E-state index contributed by atoms with van der Waals surface area (Å²) >= 11 is 5.82. The van der Waals surface area contributed by atoms with Crippen LogP contribution < -0.4 is 11.1 Å². The van der Waals surface area contributed by atoms with E-state index < -0.39 is 0 Å². The van der Waals surface area contributed by atoms with E-state index in [1.165, 1.54) is 0 Å². The third-order valence-corrected chi connectivity index (χ3v) is 2.14. The summed E-state index contributed by atoms with van der Waals surface area (Å²) < 4.78 is 0. The van der Waals surface area contributed by atoms with E-state index in [-0.39, 0.29) is 0 Å². The van der Waals surface area contributed by atoms with Crippen molar-refractivity contribution in [1.82, 2.24) is 0 Å². The van der Waals surface area contributed by atoms with Crippen LogP contribution in [0.5, 0.6) is 0 Å². The van der Waals surface area contributed by atoms with Gasteiger partial charge >= 0.3 is 0 Å². The quantitative estimate of drug-likeness (QED) is 0.642. The van der Waals surface area contributed by atoms with E-state index in [0.717, 1.165) is 28.5 Å². The highest BCUT2D eigenvalue weighted by Gasteiger charge is 2.08. The van der Waals surface area contributed by atoms with Crippen LogP contribution in [0, 0.1) is 0 Å². The van der Waals surface area contributed by atoms with Gasteiger partial charge in [0.2, 0.25) is 0 Å². The van der Waals surface area contributed by atoms with Crippen LogP contribution in [0.4, 0.5) is 5.69 Å². The fraction of sp³-hybridized carbons (Fsp3) is 0.111. The van der Waals surface area contributed by atoms with E-state index in [1.807, 2.05) is 24.3 Å². The lowest BCUT2D eigenvalue weighted by atomic mass is 10.1. The molecule has 1 aromatic carbocycles. The third kappa shape index (κ3) is 1.14. The smallest absolute Gasteiger partial charge is 0.0451 e. The number of hydrogen-bond acceptors (Lipinski definition) is 2. The second-order valence-electron chi connectivity index (χ2n) is 2.73. The zero-order valence-corrected chi connectivity index (χ0v) is 7.23. The predicted molar refractivity (Wildman–Crippen MR) is 52.1 cm³/mol. The molecular formula is C9H9ClN2. The molecule has 1 aliphatic heterocycles. The average Bonchev–Trinajstić information content (AvgIpc) is 2.04. The van der Waals surface area contributed by atoms with Gasteiger partial charge in [-0.25, -0.2) is 0 Å². The second kappa shape index (κ2) is 2.72. The minimum Gasteiger partial charge on any atom is -0.398 e. The molecule has 0 aromatic heterocycles. The van der Waals surface area contributed by atoms with Gasteiger partial charge < -0.3 is 11.1 Å². The second-order valence-corrected chi connectivity index (χ2v) is 3.17. The molecule has 0 saturated heterocycles. The normalized spacial score (nSPS) is 14.6. The number of benzene rings is 1. The first-order valence-corrected chi connectivity index (χ1v) is 4.14. The first-order chi connectivity index (χ1) is 5.77. The Hall–Kier alpha value is -1.15. The summed E-state index contributed by atoms with van der Waals surface area (Å²) in [7, 11) is 0. The van der Waals surface area contributed by atoms with Crippen LogP contribution in [-0.4, -0.2) is 6.54 Å². The SMILES string of the molecule is NC1=CCNc2cc(Cl)ccc21. The molecule has 0 amide bonds. The summed E-state index contributed by atoms with van der Waals surface area (Å²) in [5.41, 5.74) is 8.64. The Kier molecular flexibility index (Phi) is 1.70. The van der Waals surface area contributed by atoms with Gasteiger partial charge in [-0.05, 0) is 24.3 Å². The van der Waals surface area contributed by atoms with Crippen molar-refractivity contribution in [1.29, 1.82) is 0 Å². The van der Waals surface area contributed by atoms with Gasteiger partial charge in [0.05, 0.1) is 0 Å². The minimum atomic E-state index is 0.732. The van der Waals surface area contributed by atoms with Crippen molar-refractivity contribution in [2.75, 3.05) is 11.9 Å². The van der Waals surface area contributed by atoms with Crippen molar-refractivity contribution >= 4 is 23.0 Å². The van der Waals surface area contributed by atoms with Crippen LogP contribution >= 0.6 is 11.6 Å². The molecular weight excluding hydrogens is 172 g/mol. The topological polar surface area (TPSA) is 38.0 Å². The molecule has 0 unspecified atom stereocenters. The summed E-state index contributed by atoms with van der Waals surface area (Å²) in [4.78, 5) is 0. The average molecular weight is 181 g/mol. The summed E-state index contributed by atoms with van der Waals surface area (Å²) in [5, 5.41) is 3.93. The van der Waals surface area contributed by atoms with Crippen molar-refractivity contribution in [2.24, 2.45) is 5.73 Å². The largest absolute Gasteiger partial charge is 0.398 e. The zero-order chi connectivity index (χ0) is 8.55. The first-order valence-electron chi connectivity index (χ1n) is 3.77. The molecule has 62 valence electrons. The lowest BCUT2D eigenvalue weighted by Crippen LogP contribution is -2.11. The molecule has 1 aliphatic rings. The molecule has 1 aromatic rings. The summed E-state index contributed by atoms with van der Waals surface area (Å²) in [6.07, 6.45) is 1.95. The molecule has 0 spiro atoms. The van der Waals surface area contributed by atoms with E-state index in [2.05, 4.69) is 5.32 Å². The number of fused-ring (bicyclic) bond motifs is 1. The van der Waals surface area contributed by atoms with E-state index in [0.29, 0.717) is 0 Å². The van der Waals surface area contributed by atoms with Crippen LogP contribution in [0.1, 0.15) is 5.56 Å². The number of nitrogens with two attached hydrogens (primary N) is 1. The van der Waals surface area contributed by atoms with Gasteiger partial charge in [0.1, 0.15) is 0 Å². The van der Waals surface area contributed by atoms with Crippen LogP contribution in [0.15, 0.2) is 24.3 Å². The molecule has 12 heavy (non-hydrogen) atoms. The van der Waals surface area contributed by atoms with Gasteiger partial charge in [-0.3, -0.25) is 0 Å². The number of hydrogen-bond donors (Lipinski definition) is 2. The number of rotatable bonds is 0. The summed E-state index contributed by atoms with van der Waals surface area (Å²) in [6, 6.07) is 5.65. The van der Waals surface area contributed by atoms with Crippen LogP contribution in [0.25, 0.3) is 5.70 Å². The van der Waals surface area contributed by atoms with Gasteiger partial charge in [-0.2, -0.15) is 0 Å². The Balaban J connectivity index is 2.56. The molecule has 0 saturated carbocycles. The number of halogens is 1. The molecule has 3 heteroatoms. The van der Waals surface area contributed by atoms with Crippen molar-refractivity contribution in [2.45, 2.75) is 0 Å². The van der Waals surface area contributed by atoms with Crippen LogP contribution in [0.2, 0.25) is 5.02 Å². The molecule has 0 fully saturated rings. The maximum atomic E-state index is 5.82. The Bertz CT molecular complexity index is 344. The predicted octanol–water partition coefficient (Wildman–Crippen LogP) is 2.07. The van der Waals surface area contributed by atoms with Gasteiger partial charge in [0, 0.05) is 28.5 Å². The molecule has 2 rings (SSSR count). The van der Waals surface area contributed by atoms with E-state index >= 15 is 0 Å². The Morgan fingerprint density at radius 3 is 3.08 bits per heavy atom. The monoisotopic (exact) mass is 180 g/mol. The molecule has 3 N–H and O–H groups in total. The third-order valence-electron chi connectivity index (χ3n) is 1.91. The molecule has 0 bridgehead atoms. The molecule has 1 heterocycles. The number of anilines is 1. The van der Waals surface area contributed by atoms with Crippen LogP contribution in [-0.2, 0) is 0 Å². The maximum Gasteiger partial charge on any atom is 0.0451 e. The van der Waals surface area contributed by atoms with Crippen molar-refractivity contribution < 1.29 is 0 Å². The van der Waals surface area contributed by atoms with Gasteiger partial charge in [-0.1, -0.05) is 11.6 Å². The van der Waals surface area contributed by atoms with Crippen molar-refractivity contribution in [3.05, 3.63) is 34.9 Å². The summed E-state index contributed by atoms with van der Waals surface area (Å²) in [5.74, 6) is 0. The van der Waals surface area contributed by atoms with E-state index in [9.17, 15) is 0 Å². The standard InChI is InChI=1S/C9H9ClN2/c10-6-1-2-7-8(11)3-4-12-9(7)5-6/h1-3,5,12H,4,11H2. The van der Waals surface area contributed by atoms with Gasteiger partial charge in [-0.15, -0.1) is 0 Å². The Morgan fingerprint density at radius 1 is 1.42 bits per heavy atom. The summed E-state index contributed by atoms with van der Waals surface area (Å²) in [6.45, 7) is 0.777. The van der Waals surface area contributed by atoms with Gasteiger partial charge in [0.15, 0.2) is 0 Å². The first kappa shape index (κ1) is 7.50. The molecule has 0 aliphatic carbocycles. The molecule has 0 atom stereocenters. The highest BCUT2D eigenvalue weighted by atomic mass is 35.5.